The number of hydrogen-bond acceptors (Lipinski definition) is 5. The van der Waals surface area contributed by atoms with Gasteiger partial charge in [-0.2, -0.15) is 5.10 Å². The van der Waals surface area contributed by atoms with E-state index in [0.717, 1.165) is 17.3 Å². The molecule has 154 valence electrons. The second kappa shape index (κ2) is 8.11. The average Bonchev–Trinajstić information content (AvgIpc) is 3.13. The van der Waals surface area contributed by atoms with Crippen LogP contribution in [0.3, 0.4) is 0 Å². The molecule has 1 heterocycles. The van der Waals surface area contributed by atoms with Gasteiger partial charge in [-0.1, -0.05) is 48.5 Å². The largest absolute Gasteiger partial charge is 0.506 e. The highest BCUT2D eigenvalue weighted by Gasteiger charge is 2.24. The highest BCUT2D eigenvalue weighted by Crippen LogP contribution is 2.31. The van der Waals surface area contributed by atoms with Crippen LogP contribution in [-0.2, 0) is 0 Å². The number of carbonyl (C=O) groups is 1. The number of phenols is 1. The molecule has 1 amide bonds. The van der Waals surface area contributed by atoms with E-state index in [9.17, 15) is 20.0 Å². The summed E-state index contributed by atoms with van der Waals surface area (Å²) in [6.07, 6.45) is 0. The lowest BCUT2D eigenvalue weighted by atomic mass is 10.1. The van der Waals surface area contributed by atoms with Gasteiger partial charge >= 0.3 is 0 Å². The molecule has 8 nitrogen and oxygen atoms in total. The molecule has 4 rings (SSSR count). The number of nitrogens with one attached hydrogen (secondary N) is 1. The van der Waals surface area contributed by atoms with Gasteiger partial charge in [0.2, 0.25) is 0 Å². The Morgan fingerprint density at radius 3 is 2.29 bits per heavy atom. The van der Waals surface area contributed by atoms with Gasteiger partial charge in [-0.25, -0.2) is 4.68 Å². The number of carbonyl (C=O) groups excluding carboxylic acids is 1. The first-order chi connectivity index (χ1) is 15.0. The van der Waals surface area contributed by atoms with E-state index in [2.05, 4.69) is 10.4 Å². The molecule has 0 saturated heterocycles. The van der Waals surface area contributed by atoms with Crippen molar-refractivity contribution >= 4 is 17.3 Å². The summed E-state index contributed by atoms with van der Waals surface area (Å²) in [5.41, 5.74) is 2.81. The number of anilines is 1. The first-order valence-electron chi connectivity index (χ1n) is 9.45. The smallest absolute Gasteiger partial charge is 0.273 e. The second-order valence-corrected chi connectivity index (χ2v) is 6.84. The number of rotatable bonds is 5. The number of amides is 1. The van der Waals surface area contributed by atoms with Gasteiger partial charge in [0.1, 0.15) is 11.4 Å². The zero-order valence-corrected chi connectivity index (χ0v) is 16.5. The summed E-state index contributed by atoms with van der Waals surface area (Å²) in [5.74, 6) is -0.875. The predicted octanol–water partition coefficient (Wildman–Crippen LogP) is 4.71. The number of aromatic nitrogens is 2. The van der Waals surface area contributed by atoms with E-state index in [1.54, 1.807) is 11.6 Å². The molecule has 31 heavy (non-hydrogen) atoms. The number of nitro benzene ring substituents is 1. The van der Waals surface area contributed by atoms with Crippen LogP contribution in [0.15, 0.2) is 78.9 Å². The molecule has 0 radical (unpaired) electrons. The Labute approximate surface area is 177 Å². The maximum atomic E-state index is 13.2. The summed E-state index contributed by atoms with van der Waals surface area (Å²) < 4.78 is 1.69. The summed E-state index contributed by atoms with van der Waals surface area (Å²) in [6, 6.07) is 22.2. The Kier molecular flexibility index (Phi) is 5.19. The lowest BCUT2D eigenvalue weighted by Gasteiger charge is -2.09. The van der Waals surface area contributed by atoms with Crippen LogP contribution in [0.1, 0.15) is 16.1 Å². The third-order valence-corrected chi connectivity index (χ3v) is 4.83. The first-order valence-corrected chi connectivity index (χ1v) is 9.45. The van der Waals surface area contributed by atoms with Crippen LogP contribution in [-0.4, -0.2) is 25.7 Å². The van der Waals surface area contributed by atoms with Crippen LogP contribution in [0.4, 0.5) is 11.4 Å². The van der Waals surface area contributed by atoms with E-state index in [1.165, 1.54) is 12.1 Å². The number of phenolic OH excluding ortho intramolecular Hbond substituents is 1. The van der Waals surface area contributed by atoms with Crippen LogP contribution in [0, 0.1) is 17.0 Å². The summed E-state index contributed by atoms with van der Waals surface area (Å²) in [5, 5.41) is 28.3. The molecule has 4 aromatic rings. The molecule has 0 aliphatic heterocycles. The Balaban J connectivity index is 1.79. The standard InChI is InChI=1S/C23H18N4O4/c1-15-21(23(29)24-19-13-12-18(27(30)31)14-20(19)28)22(16-8-4-2-5-9-16)25-26(15)17-10-6-3-7-11-17/h2-14,28H,1H3,(H,24,29). The van der Waals surface area contributed by atoms with Crippen molar-refractivity contribution in [1.29, 1.82) is 0 Å². The Bertz CT molecular complexity index is 1270. The van der Waals surface area contributed by atoms with E-state index in [0.29, 0.717) is 17.0 Å². The normalized spacial score (nSPS) is 10.6. The zero-order valence-electron chi connectivity index (χ0n) is 16.5. The molecule has 0 spiro atoms. The van der Waals surface area contributed by atoms with Gasteiger partial charge in [0.15, 0.2) is 0 Å². The number of para-hydroxylation sites is 1. The molecule has 2 N–H and O–H groups in total. The van der Waals surface area contributed by atoms with Crippen molar-refractivity contribution < 1.29 is 14.8 Å². The molecule has 0 fully saturated rings. The second-order valence-electron chi connectivity index (χ2n) is 6.84. The fourth-order valence-corrected chi connectivity index (χ4v) is 3.32. The van der Waals surface area contributed by atoms with E-state index in [-0.39, 0.29) is 11.4 Å². The summed E-state index contributed by atoms with van der Waals surface area (Å²) in [4.78, 5) is 23.5. The summed E-state index contributed by atoms with van der Waals surface area (Å²) >= 11 is 0. The summed E-state index contributed by atoms with van der Waals surface area (Å²) in [7, 11) is 0. The number of nitrogens with zero attached hydrogens (tertiary/aromatic N) is 3. The zero-order chi connectivity index (χ0) is 22.0. The highest BCUT2D eigenvalue weighted by molar-refractivity contribution is 6.09. The van der Waals surface area contributed by atoms with E-state index < -0.39 is 16.6 Å². The average molecular weight is 414 g/mol. The van der Waals surface area contributed by atoms with Crippen molar-refractivity contribution in [2.75, 3.05) is 5.32 Å². The van der Waals surface area contributed by atoms with Crippen molar-refractivity contribution in [2.45, 2.75) is 6.92 Å². The minimum absolute atomic E-state index is 0.0708. The van der Waals surface area contributed by atoms with Crippen LogP contribution in [0.2, 0.25) is 0 Å². The number of non-ortho nitro benzene ring substituents is 1. The Morgan fingerprint density at radius 1 is 1.03 bits per heavy atom. The minimum atomic E-state index is -0.618. The molecule has 0 atom stereocenters. The van der Waals surface area contributed by atoms with Gasteiger partial charge in [0.05, 0.1) is 33.6 Å². The van der Waals surface area contributed by atoms with Crippen LogP contribution >= 0.6 is 0 Å². The molecule has 0 bridgehead atoms. The van der Waals surface area contributed by atoms with Crippen molar-refractivity contribution in [2.24, 2.45) is 0 Å². The van der Waals surface area contributed by atoms with Crippen molar-refractivity contribution in [3.8, 4) is 22.7 Å². The monoisotopic (exact) mass is 414 g/mol. The molecule has 0 aliphatic carbocycles. The highest BCUT2D eigenvalue weighted by atomic mass is 16.6. The van der Waals surface area contributed by atoms with Gasteiger partial charge in [0.25, 0.3) is 11.6 Å². The van der Waals surface area contributed by atoms with Crippen LogP contribution in [0.25, 0.3) is 16.9 Å². The van der Waals surface area contributed by atoms with Crippen LogP contribution in [0.5, 0.6) is 5.75 Å². The first kappa shape index (κ1) is 19.8. The maximum absolute atomic E-state index is 13.2. The Morgan fingerprint density at radius 2 is 1.68 bits per heavy atom. The predicted molar refractivity (Wildman–Crippen MR) is 116 cm³/mol. The third-order valence-electron chi connectivity index (χ3n) is 4.83. The summed E-state index contributed by atoms with van der Waals surface area (Å²) in [6.45, 7) is 1.79. The van der Waals surface area contributed by atoms with E-state index >= 15 is 0 Å². The van der Waals surface area contributed by atoms with E-state index in [4.69, 9.17) is 0 Å². The number of aromatic hydroxyl groups is 1. The molecule has 0 unspecified atom stereocenters. The number of benzene rings is 3. The maximum Gasteiger partial charge on any atom is 0.273 e. The van der Waals surface area contributed by atoms with Gasteiger partial charge in [0, 0.05) is 11.6 Å². The number of hydrogen-bond donors (Lipinski definition) is 2. The SMILES string of the molecule is Cc1c(C(=O)Nc2ccc([N+](=O)[O-])cc2O)c(-c2ccccc2)nn1-c1ccccc1. The fraction of sp³-hybridized carbons (Fsp3) is 0.0435. The lowest BCUT2D eigenvalue weighted by Crippen LogP contribution is -2.14. The molecule has 1 aromatic heterocycles. The van der Waals surface area contributed by atoms with Gasteiger partial charge in [-0.3, -0.25) is 14.9 Å². The van der Waals surface area contributed by atoms with Crippen molar-refractivity contribution in [3.05, 3.63) is 100 Å². The lowest BCUT2D eigenvalue weighted by molar-refractivity contribution is -0.384. The Hall–Kier alpha value is -4.46. The van der Waals surface area contributed by atoms with Crippen LogP contribution < -0.4 is 5.32 Å². The molecule has 0 aliphatic rings. The quantitative estimate of drug-likeness (QED) is 0.279. The van der Waals surface area contributed by atoms with Gasteiger partial charge < -0.3 is 10.4 Å². The molecule has 8 heteroatoms. The van der Waals surface area contributed by atoms with Crippen molar-refractivity contribution in [1.82, 2.24) is 9.78 Å². The topological polar surface area (TPSA) is 110 Å². The van der Waals surface area contributed by atoms with Gasteiger partial charge in [-0.05, 0) is 25.1 Å². The number of nitro groups is 1. The molecule has 3 aromatic carbocycles. The van der Waals surface area contributed by atoms with Gasteiger partial charge in [-0.15, -0.1) is 0 Å². The minimum Gasteiger partial charge on any atom is -0.506 e. The van der Waals surface area contributed by atoms with E-state index in [1.807, 2.05) is 60.7 Å². The molecular formula is C23H18N4O4. The molecule has 0 saturated carbocycles. The van der Waals surface area contributed by atoms with Crippen molar-refractivity contribution in [3.63, 3.8) is 0 Å². The fourth-order valence-electron chi connectivity index (χ4n) is 3.32. The third kappa shape index (κ3) is 3.86. The molecular weight excluding hydrogens is 396 g/mol.